The molecule has 0 aliphatic rings. The maximum Gasteiger partial charge on any atom is 0.346 e. The third kappa shape index (κ3) is 3.94. The first kappa shape index (κ1) is 17.4. The van der Waals surface area contributed by atoms with E-state index in [2.05, 4.69) is 0 Å². The zero-order chi connectivity index (χ0) is 17.1. The summed E-state index contributed by atoms with van der Waals surface area (Å²) in [7, 11) is 0. The smallest absolute Gasteiger partial charge is 0.346 e. The van der Waals surface area contributed by atoms with Crippen LogP contribution in [0.25, 0.3) is 0 Å². The van der Waals surface area contributed by atoms with Gasteiger partial charge in [-0.25, -0.2) is 9.59 Å². The predicted octanol–water partition coefficient (Wildman–Crippen LogP) is 2.31. The van der Waals surface area contributed by atoms with Crippen LogP contribution in [0.3, 0.4) is 0 Å². The summed E-state index contributed by atoms with van der Waals surface area (Å²) in [4.78, 5) is 34.6. The number of ether oxygens (including phenoxy) is 2. The second-order valence-electron chi connectivity index (χ2n) is 5.41. The quantitative estimate of drug-likeness (QED) is 0.392. The van der Waals surface area contributed by atoms with Crippen molar-refractivity contribution in [2.24, 2.45) is 0 Å². The van der Waals surface area contributed by atoms with Gasteiger partial charge in [0.15, 0.2) is 5.56 Å². The molecule has 0 aliphatic heterocycles. The SMILES string of the molecule is CCOC(=O)c1ccc(N)c([N+](=O)[O-])c1C(=O)OC(C)(C)C. The van der Waals surface area contributed by atoms with Gasteiger partial charge in [0.1, 0.15) is 11.3 Å². The van der Waals surface area contributed by atoms with Gasteiger partial charge in [0, 0.05) is 0 Å². The minimum absolute atomic E-state index is 0.0603. The number of carbonyl (C=O) groups excluding carboxylic acids is 2. The zero-order valence-electron chi connectivity index (χ0n) is 12.8. The standard InChI is InChI=1S/C14H18N2O6/c1-5-21-12(17)8-6-7-9(15)11(16(19)20)10(8)13(18)22-14(2,3)4/h6-7H,5,15H2,1-4H3. The van der Waals surface area contributed by atoms with Crippen molar-refractivity contribution in [3.8, 4) is 0 Å². The first-order valence-electron chi connectivity index (χ1n) is 6.55. The van der Waals surface area contributed by atoms with Crippen LogP contribution in [0, 0.1) is 10.1 Å². The van der Waals surface area contributed by atoms with E-state index in [-0.39, 0.29) is 17.9 Å². The maximum atomic E-state index is 12.3. The van der Waals surface area contributed by atoms with Gasteiger partial charge >= 0.3 is 17.6 Å². The molecule has 0 fully saturated rings. The lowest BCUT2D eigenvalue weighted by molar-refractivity contribution is -0.384. The molecule has 8 nitrogen and oxygen atoms in total. The summed E-state index contributed by atoms with van der Waals surface area (Å²) in [6.45, 7) is 6.45. The Labute approximate surface area is 127 Å². The maximum absolute atomic E-state index is 12.3. The number of carbonyl (C=O) groups is 2. The van der Waals surface area contributed by atoms with Gasteiger partial charge in [-0.05, 0) is 39.8 Å². The molecular weight excluding hydrogens is 292 g/mol. The van der Waals surface area contributed by atoms with E-state index in [1.807, 2.05) is 0 Å². The first-order valence-corrected chi connectivity index (χ1v) is 6.55. The van der Waals surface area contributed by atoms with Crippen molar-refractivity contribution in [2.75, 3.05) is 12.3 Å². The highest BCUT2D eigenvalue weighted by Gasteiger charge is 2.33. The van der Waals surface area contributed by atoms with Crippen molar-refractivity contribution in [1.82, 2.24) is 0 Å². The minimum atomic E-state index is -1.01. The number of nitrogens with two attached hydrogens (primary N) is 1. The molecule has 22 heavy (non-hydrogen) atoms. The van der Waals surface area contributed by atoms with Gasteiger partial charge in [0.25, 0.3) is 0 Å². The molecule has 0 atom stereocenters. The van der Waals surface area contributed by atoms with E-state index in [0.717, 1.165) is 0 Å². The van der Waals surface area contributed by atoms with Crippen LogP contribution in [-0.4, -0.2) is 29.1 Å². The summed E-state index contributed by atoms with van der Waals surface area (Å²) in [6, 6.07) is 2.39. The lowest BCUT2D eigenvalue weighted by atomic mass is 10.0. The molecule has 0 aromatic heterocycles. The zero-order valence-corrected chi connectivity index (χ0v) is 12.8. The van der Waals surface area contributed by atoms with Gasteiger partial charge in [-0.2, -0.15) is 0 Å². The van der Waals surface area contributed by atoms with Gasteiger partial charge in [-0.1, -0.05) is 0 Å². The third-order valence-electron chi connectivity index (χ3n) is 2.49. The van der Waals surface area contributed by atoms with E-state index in [1.165, 1.54) is 12.1 Å². The number of nitrogens with zero attached hydrogens (tertiary/aromatic N) is 1. The van der Waals surface area contributed by atoms with Crippen molar-refractivity contribution in [3.05, 3.63) is 33.4 Å². The molecule has 0 radical (unpaired) electrons. The van der Waals surface area contributed by atoms with E-state index in [0.29, 0.717) is 0 Å². The number of hydrogen-bond acceptors (Lipinski definition) is 7. The number of anilines is 1. The number of nitrogen functional groups attached to an aromatic ring is 1. The average molecular weight is 310 g/mol. The molecule has 0 amide bonds. The van der Waals surface area contributed by atoms with Crippen molar-refractivity contribution in [1.29, 1.82) is 0 Å². The van der Waals surface area contributed by atoms with Gasteiger partial charge in [0.05, 0.1) is 17.1 Å². The molecule has 0 saturated heterocycles. The van der Waals surface area contributed by atoms with E-state index in [4.69, 9.17) is 15.2 Å². The molecule has 1 aromatic rings. The normalized spacial score (nSPS) is 10.9. The number of rotatable bonds is 4. The number of nitro benzene ring substituents is 1. The summed E-state index contributed by atoms with van der Waals surface area (Å²) >= 11 is 0. The Balaban J connectivity index is 3.53. The van der Waals surface area contributed by atoms with Crippen molar-refractivity contribution in [2.45, 2.75) is 33.3 Å². The van der Waals surface area contributed by atoms with Crippen LogP contribution >= 0.6 is 0 Å². The molecule has 0 bridgehead atoms. The molecule has 0 heterocycles. The lowest BCUT2D eigenvalue weighted by Gasteiger charge is -2.20. The Kier molecular flexibility index (Phi) is 5.08. The molecule has 0 aliphatic carbocycles. The van der Waals surface area contributed by atoms with Crippen LogP contribution in [-0.2, 0) is 9.47 Å². The Morgan fingerprint density at radius 3 is 2.32 bits per heavy atom. The van der Waals surface area contributed by atoms with Crippen LogP contribution in [0.4, 0.5) is 11.4 Å². The topological polar surface area (TPSA) is 122 Å². The van der Waals surface area contributed by atoms with Crippen LogP contribution in [0.5, 0.6) is 0 Å². The second kappa shape index (κ2) is 6.42. The van der Waals surface area contributed by atoms with E-state index < -0.39 is 33.7 Å². The van der Waals surface area contributed by atoms with Gasteiger partial charge in [0.2, 0.25) is 0 Å². The molecule has 120 valence electrons. The summed E-state index contributed by atoms with van der Waals surface area (Å²) in [5.74, 6) is -1.86. The molecule has 2 N–H and O–H groups in total. The highest BCUT2D eigenvalue weighted by Crippen LogP contribution is 2.31. The third-order valence-corrected chi connectivity index (χ3v) is 2.49. The molecule has 1 rings (SSSR count). The Morgan fingerprint density at radius 2 is 1.86 bits per heavy atom. The van der Waals surface area contributed by atoms with Crippen LogP contribution in [0.1, 0.15) is 48.4 Å². The fraction of sp³-hybridized carbons (Fsp3) is 0.429. The molecule has 0 unspecified atom stereocenters. The molecule has 1 aromatic carbocycles. The Morgan fingerprint density at radius 1 is 1.27 bits per heavy atom. The Hall–Kier alpha value is -2.64. The van der Waals surface area contributed by atoms with Crippen LogP contribution in [0.15, 0.2) is 12.1 Å². The molecule has 0 saturated carbocycles. The van der Waals surface area contributed by atoms with E-state index >= 15 is 0 Å². The van der Waals surface area contributed by atoms with Crippen LogP contribution in [0.2, 0.25) is 0 Å². The highest BCUT2D eigenvalue weighted by molar-refractivity contribution is 6.07. The van der Waals surface area contributed by atoms with Crippen molar-refractivity contribution in [3.63, 3.8) is 0 Å². The lowest BCUT2D eigenvalue weighted by Crippen LogP contribution is -2.26. The fourth-order valence-electron chi connectivity index (χ4n) is 1.72. The second-order valence-corrected chi connectivity index (χ2v) is 5.41. The largest absolute Gasteiger partial charge is 0.462 e. The number of benzene rings is 1. The monoisotopic (exact) mass is 310 g/mol. The van der Waals surface area contributed by atoms with Crippen molar-refractivity contribution >= 4 is 23.3 Å². The summed E-state index contributed by atoms with van der Waals surface area (Å²) < 4.78 is 9.95. The van der Waals surface area contributed by atoms with Crippen LogP contribution < -0.4 is 5.73 Å². The summed E-state index contributed by atoms with van der Waals surface area (Å²) in [6.07, 6.45) is 0. The molecular formula is C14H18N2O6. The predicted molar refractivity (Wildman–Crippen MR) is 78.6 cm³/mol. The van der Waals surface area contributed by atoms with Gasteiger partial charge < -0.3 is 15.2 Å². The summed E-state index contributed by atoms with van der Waals surface area (Å²) in [5, 5.41) is 11.2. The minimum Gasteiger partial charge on any atom is -0.462 e. The summed E-state index contributed by atoms with van der Waals surface area (Å²) in [5.41, 5.74) is 3.02. The Bertz CT molecular complexity index is 618. The number of esters is 2. The van der Waals surface area contributed by atoms with Gasteiger partial charge in [-0.15, -0.1) is 0 Å². The van der Waals surface area contributed by atoms with Crippen molar-refractivity contribution < 1.29 is 24.0 Å². The fourth-order valence-corrected chi connectivity index (χ4v) is 1.72. The van der Waals surface area contributed by atoms with E-state index in [9.17, 15) is 19.7 Å². The number of hydrogen-bond donors (Lipinski definition) is 1. The van der Waals surface area contributed by atoms with E-state index in [1.54, 1.807) is 27.7 Å². The average Bonchev–Trinajstić information content (AvgIpc) is 2.35. The van der Waals surface area contributed by atoms with Gasteiger partial charge in [-0.3, -0.25) is 10.1 Å². The molecule has 0 spiro atoms. The highest BCUT2D eigenvalue weighted by atomic mass is 16.6. The molecule has 8 heteroatoms. The first-order chi connectivity index (χ1) is 10.1. The number of nitro groups is 1.